The van der Waals surface area contributed by atoms with E-state index in [1.807, 2.05) is 41.3 Å². The molecule has 1 atom stereocenters. The van der Waals surface area contributed by atoms with Gasteiger partial charge >= 0.3 is 12.0 Å². The molecule has 0 bridgehead atoms. The van der Waals surface area contributed by atoms with Crippen molar-refractivity contribution in [1.82, 2.24) is 4.90 Å². The first kappa shape index (κ1) is 20.4. The second-order valence-corrected chi connectivity index (χ2v) is 7.35. The first-order valence-corrected chi connectivity index (χ1v) is 9.57. The van der Waals surface area contributed by atoms with Crippen molar-refractivity contribution in [1.29, 1.82) is 0 Å². The average Bonchev–Trinajstić information content (AvgIpc) is 3.13. The number of hydrogen-bond acceptors (Lipinski definition) is 3. The first-order chi connectivity index (χ1) is 13.8. The summed E-state index contributed by atoms with van der Waals surface area (Å²) in [7, 11) is 1.55. The molecule has 1 heterocycles. The molecule has 0 aliphatic carbocycles. The Morgan fingerprint density at radius 1 is 1.14 bits per heavy atom. The van der Waals surface area contributed by atoms with Gasteiger partial charge in [-0.2, -0.15) is 0 Å². The molecule has 0 saturated carbocycles. The van der Waals surface area contributed by atoms with Crippen molar-refractivity contribution in [2.45, 2.75) is 19.8 Å². The summed E-state index contributed by atoms with van der Waals surface area (Å²) in [6, 6.07) is 14.7. The second kappa shape index (κ2) is 8.77. The number of benzene rings is 2. The van der Waals surface area contributed by atoms with Crippen molar-refractivity contribution in [2.75, 3.05) is 30.4 Å². The van der Waals surface area contributed by atoms with E-state index in [0.29, 0.717) is 18.7 Å². The Morgan fingerprint density at radius 2 is 1.83 bits per heavy atom. The number of nitrogens with zero attached hydrogens (tertiary/aromatic N) is 2. The number of nitrogens with one attached hydrogen (secondary N) is 1. The van der Waals surface area contributed by atoms with Crippen LogP contribution in [0.25, 0.3) is 0 Å². The Morgan fingerprint density at radius 3 is 2.52 bits per heavy atom. The van der Waals surface area contributed by atoms with Gasteiger partial charge in [-0.15, -0.1) is 0 Å². The molecular weight excluding hydrogens is 370 g/mol. The third-order valence-electron chi connectivity index (χ3n) is 5.06. The van der Waals surface area contributed by atoms with Gasteiger partial charge in [-0.25, -0.2) is 4.79 Å². The molecule has 0 saturated heterocycles. The van der Waals surface area contributed by atoms with Crippen LogP contribution >= 0.6 is 0 Å². The highest BCUT2D eigenvalue weighted by Gasteiger charge is 2.24. The summed E-state index contributed by atoms with van der Waals surface area (Å²) >= 11 is 0. The second-order valence-electron chi connectivity index (χ2n) is 7.35. The predicted molar refractivity (Wildman–Crippen MR) is 111 cm³/mol. The van der Waals surface area contributed by atoms with Gasteiger partial charge in [-0.05, 0) is 35.7 Å². The molecule has 7 nitrogen and oxygen atoms in total. The number of para-hydroxylation sites is 1. The lowest BCUT2D eigenvalue weighted by Crippen LogP contribution is -2.36. The maximum absolute atomic E-state index is 12.7. The monoisotopic (exact) mass is 395 g/mol. The van der Waals surface area contributed by atoms with Crippen LogP contribution in [0.2, 0.25) is 0 Å². The highest BCUT2D eigenvalue weighted by molar-refractivity contribution is 5.96. The van der Waals surface area contributed by atoms with E-state index in [1.54, 1.807) is 26.1 Å². The van der Waals surface area contributed by atoms with Crippen LogP contribution < -0.4 is 10.2 Å². The van der Waals surface area contributed by atoms with Crippen molar-refractivity contribution >= 4 is 29.3 Å². The molecule has 152 valence electrons. The molecular formula is C22H25N3O4. The van der Waals surface area contributed by atoms with Gasteiger partial charge in [0, 0.05) is 31.5 Å². The third kappa shape index (κ3) is 4.93. The summed E-state index contributed by atoms with van der Waals surface area (Å²) in [6.07, 6.45) is 1.17. The largest absolute Gasteiger partial charge is 0.481 e. The van der Waals surface area contributed by atoms with Gasteiger partial charge in [0.05, 0.1) is 12.3 Å². The summed E-state index contributed by atoms with van der Waals surface area (Å²) in [4.78, 5) is 38.9. The molecule has 2 aromatic rings. The summed E-state index contributed by atoms with van der Waals surface area (Å²) in [5, 5.41) is 11.7. The van der Waals surface area contributed by atoms with E-state index < -0.39 is 11.9 Å². The van der Waals surface area contributed by atoms with Crippen molar-refractivity contribution in [3.8, 4) is 0 Å². The van der Waals surface area contributed by atoms with Crippen LogP contribution in [0.3, 0.4) is 0 Å². The molecule has 29 heavy (non-hydrogen) atoms. The number of fused-ring (bicyclic) bond motifs is 1. The smallest absolute Gasteiger partial charge is 0.321 e. The zero-order chi connectivity index (χ0) is 21.0. The maximum atomic E-state index is 12.7. The number of carbonyl (C=O) groups excluding carboxylic acids is 2. The number of anilines is 2. The summed E-state index contributed by atoms with van der Waals surface area (Å²) < 4.78 is 0. The van der Waals surface area contributed by atoms with Crippen molar-refractivity contribution < 1.29 is 19.5 Å². The first-order valence-electron chi connectivity index (χ1n) is 9.57. The van der Waals surface area contributed by atoms with Crippen molar-refractivity contribution in [3.05, 3.63) is 59.7 Å². The number of hydrogen-bond donors (Lipinski definition) is 2. The van der Waals surface area contributed by atoms with E-state index in [2.05, 4.69) is 5.32 Å². The fourth-order valence-corrected chi connectivity index (χ4v) is 3.36. The van der Waals surface area contributed by atoms with E-state index in [9.17, 15) is 14.4 Å². The lowest BCUT2D eigenvalue weighted by molar-refractivity contribution is -0.141. The highest BCUT2D eigenvalue weighted by Crippen LogP contribution is 2.28. The molecule has 7 heteroatoms. The fourth-order valence-electron chi connectivity index (χ4n) is 3.36. The topological polar surface area (TPSA) is 90.0 Å². The molecule has 2 N–H and O–H groups in total. The van der Waals surface area contributed by atoms with Gasteiger partial charge in [-0.1, -0.05) is 37.3 Å². The van der Waals surface area contributed by atoms with Crippen LogP contribution in [0, 0.1) is 5.92 Å². The van der Waals surface area contributed by atoms with E-state index in [0.717, 1.165) is 17.7 Å². The standard InChI is InChI=1S/C22H25N3O4/c1-15(21(27)28)14-24(2)22(29)23-18-9-7-16(8-10-18)13-20(26)25-12-11-17-5-3-4-6-19(17)25/h3-10,15H,11-14H2,1-2H3,(H,23,29)(H,27,28). The highest BCUT2D eigenvalue weighted by atomic mass is 16.4. The van der Waals surface area contributed by atoms with E-state index in [1.165, 1.54) is 10.5 Å². The molecule has 2 aromatic carbocycles. The van der Waals surface area contributed by atoms with Gasteiger partial charge in [0.2, 0.25) is 5.91 Å². The Hall–Kier alpha value is -3.35. The molecule has 1 aliphatic rings. The van der Waals surface area contributed by atoms with Gasteiger partial charge in [0.15, 0.2) is 0 Å². The number of carboxylic acid groups (broad SMARTS) is 1. The van der Waals surface area contributed by atoms with Crippen molar-refractivity contribution in [2.24, 2.45) is 5.92 Å². The maximum Gasteiger partial charge on any atom is 0.321 e. The molecule has 1 unspecified atom stereocenters. The molecule has 3 amide bonds. The number of urea groups is 1. The lowest BCUT2D eigenvalue weighted by atomic mass is 10.1. The Balaban J connectivity index is 1.56. The SMILES string of the molecule is CC(CN(C)C(=O)Nc1ccc(CC(=O)N2CCc3ccccc32)cc1)C(=O)O. The molecule has 0 fully saturated rings. The van der Waals surface area contributed by atoms with Crippen LogP contribution in [0.5, 0.6) is 0 Å². The molecule has 1 aliphatic heterocycles. The number of carboxylic acids is 1. The van der Waals surface area contributed by atoms with E-state index >= 15 is 0 Å². The predicted octanol–water partition coefficient (Wildman–Crippen LogP) is 3.00. The van der Waals surface area contributed by atoms with Crippen LogP contribution in [-0.4, -0.2) is 48.1 Å². The number of carbonyl (C=O) groups is 3. The Bertz CT molecular complexity index is 911. The van der Waals surface area contributed by atoms with Gasteiger partial charge in [0.1, 0.15) is 0 Å². The Labute approximate surface area is 169 Å². The van der Waals surface area contributed by atoms with Crippen molar-refractivity contribution in [3.63, 3.8) is 0 Å². The molecule has 0 spiro atoms. The van der Waals surface area contributed by atoms with Crippen LogP contribution in [0.1, 0.15) is 18.1 Å². The fraction of sp³-hybridized carbons (Fsp3) is 0.318. The van der Waals surface area contributed by atoms with Crippen LogP contribution in [0.15, 0.2) is 48.5 Å². The quantitative estimate of drug-likeness (QED) is 0.787. The van der Waals surface area contributed by atoms with E-state index in [4.69, 9.17) is 5.11 Å². The summed E-state index contributed by atoms with van der Waals surface area (Å²) in [5.74, 6) is -1.54. The van der Waals surface area contributed by atoms with E-state index in [-0.39, 0.29) is 18.5 Å². The minimum absolute atomic E-state index is 0.0501. The van der Waals surface area contributed by atoms with Gasteiger partial charge < -0.3 is 20.2 Å². The minimum atomic E-state index is -0.945. The normalized spacial score (nSPS) is 13.5. The summed E-state index contributed by atoms with van der Waals surface area (Å²) in [6.45, 7) is 2.37. The molecule has 0 aromatic heterocycles. The number of amides is 3. The van der Waals surface area contributed by atoms with Gasteiger partial charge in [0.25, 0.3) is 0 Å². The molecule has 3 rings (SSSR count). The number of rotatable bonds is 6. The van der Waals surface area contributed by atoms with Gasteiger partial charge in [-0.3, -0.25) is 9.59 Å². The van der Waals surface area contributed by atoms with Crippen LogP contribution in [-0.2, 0) is 22.4 Å². The summed E-state index contributed by atoms with van der Waals surface area (Å²) in [5.41, 5.74) is 3.64. The lowest BCUT2D eigenvalue weighted by Gasteiger charge is -2.20. The minimum Gasteiger partial charge on any atom is -0.481 e. The number of aliphatic carboxylic acids is 1. The Kier molecular flexibility index (Phi) is 6.16. The zero-order valence-corrected chi connectivity index (χ0v) is 16.6. The average molecular weight is 395 g/mol. The molecule has 0 radical (unpaired) electrons. The zero-order valence-electron chi connectivity index (χ0n) is 16.6. The van der Waals surface area contributed by atoms with Crippen LogP contribution in [0.4, 0.5) is 16.2 Å². The third-order valence-corrected chi connectivity index (χ3v) is 5.06.